The van der Waals surface area contributed by atoms with Crippen LogP contribution in [0.25, 0.3) is 0 Å². The van der Waals surface area contributed by atoms with Crippen LogP contribution in [0.2, 0.25) is 0 Å². The van der Waals surface area contributed by atoms with Crippen molar-refractivity contribution in [3.63, 3.8) is 0 Å². The van der Waals surface area contributed by atoms with Crippen LogP contribution in [-0.4, -0.2) is 16.6 Å². The highest BCUT2D eigenvalue weighted by atomic mass is 32.2. The van der Waals surface area contributed by atoms with Crippen molar-refractivity contribution in [1.29, 1.82) is 0 Å². The molecule has 0 spiro atoms. The molecule has 0 bridgehead atoms. The minimum Gasteiger partial charge on any atom is -0.397 e. The van der Waals surface area contributed by atoms with Gasteiger partial charge in [-0.15, -0.1) is 23.1 Å². The molecule has 0 aliphatic rings. The van der Waals surface area contributed by atoms with Gasteiger partial charge in [0.05, 0.1) is 24.2 Å². The maximum atomic E-state index is 11.6. The topological polar surface area (TPSA) is 68.0 Å². The number of nitrogens with two attached hydrogens (primary N) is 1. The second-order valence-corrected chi connectivity index (χ2v) is 5.61. The van der Waals surface area contributed by atoms with Gasteiger partial charge in [-0.1, -0.05) is 6.07 Å². The van der Waals surface area contributed by atoms with Crippen molar-refractivity contribution in [2.45, 2.75) is 11.4 Å². The second kappa shape index (κ2) is 6.42. The standard InChI is InChI=1S/C12H13N3OS2/c13-10-7-14-4-3-11(10)18-8-12(16)15-6-9-2-1-5-17-9/h1-5,7H,6,8,13H2,(H,15,16). The number of nitrogens with one attached hydrogen (secondary N) is 1. The van der Waals surface area contributed by atoms with Gasteiger partial charge in [0.1, 0.15) is 0 Å². The van der Waals surface area contributed by atoms with Crippen molar-refractivity contribution >= 4 is 34.7 Å². The largest absolute Gasteiger partial charge is 0.397 e. The Labute approximate surface area is 114 Å². The highest BCUT2D eigenvalue weighted by molar-refractivity contribution is 8.00. The Morgan fingerprint density at radius 2 is 2.39 bits per heavy atom. The summed E-state index contributed by atoms with van der Waals surface area (Å²) in [5.41, 5.74) is 6.35. The molecule has 0 aliphatic heterocycles. The third kappa shape index (κ3) is 3.75. The second-order valence-electron chi connectivity index (χ2n) is 3.56. The van der Waals surface area contributed by atoms with Gasteiger partial charge >= 0.3 is 0 Å². The van der Waals surface area contributed by atoms with E-state index in [9.17, 15) is 4.79 Å². The molecule has 3 N–H and O–H groups in total. The first-order valence-electron chi connectivity index (χ1n) is 5.37. The van der Waals surface area contributed by atoms with E-state index < -0.39 is 0 Å². The Balaban J connectivity index is 1.77. The minimum absolute atomic E-state index is 0.00427. The molecular weight excluding hydrogens is 266 g/mol. The van der Waals surface area contributed by atoms with Crippen molar-refractivity contribution < 1.29 is 4.79 Å². The normalized spacial score (nSPS) is 10.2. The molecule has 0 aliphatic carbocycles. The number of hydrogen-bond donors (Lipinski definition) is 2. The summed E-state index contributed by atoms with van der Waals surface area (Å²) in [5, 5.41) is 4.86. The molecule has 2 aromatic rings. The average molecular weight is 279 g/mol. The summed E-state index contributed by atoms with van der Waals surface area (Å²) < 4.78 is 0. The summed E-state index contributed by atoms with van der Waals surface area (Å²) in [6.45, 7) is 0.586. The van der Waals surface area contributed by atoms with E-state index in [0.29, 0.717) is 18.0 Å². The quantitative estimate of drug-likeness (QED) is 0.823. The van der Waals surface area contributed by atoms with Crippen molar-refractivity contribution in [1.82, 2.24) is 10.3 Å². The number of anilines is 1. The molecule has 0 atom stereocenters. The molecule has 0 saturated heterocycles. The number of pyridine rings is 1. The van der Waals surface area contributed by atoms with E-state index in [1.165, 1.54) is 11.8 Å². The predicted octanol–water partition coefficient (Wildman–Crippen LogP) is 2.13. The molecule has 0 saturated carbocycles. The van der Waals surface area contributed by atoms with Gasteiger partial charge < -0.3 is 11.1 Å². The lowest BCUT2D eigenvalue weighted by molar-refractivity contribution is -0.118. The number of carbonyl (C=O) groups is 1. The number of aromatic nitrogens is 1. The molecule has 2 aromatic heterocycles. The number of rotatable bonds is 5. The Bertz CT molecular complexity index is 514. The lowest BCUT2D eigenvalue weighted by Gasteiger charge is -2.05. The number of hydrogen-bond acceptors (Lipinski definition) is 5. The highest BCUT2D eigenvalue weighted by Gasteiger charge is 2.05. The molecule has 0 radical (unpaired) electrons. The van der Waals surface area contributed by atoms with E-state index in [2.05, 4.69) is 10.3 Å². The molecule has 2 heterocycles. The van der Waals surface area contributed by atoms with E-state index in [1.54, 1.807) is 23.7 Å². The summed E-state index contributed by atoms with van der Waals surface area (Å²) in [6, 6.07) is 5.78. The Morgan fingerprint density at radius 3 is 3.11 bits per heavy atom. The van der Waals surface area contributed by atoms with E-state index in [0.717, 1.165) is 9.77 Å². The van der Waals surface area contributed by atoms with Crippen LogP contribution in [0.1, 0.15) is 4.88 Å². The molecule has 4 nitrogen and oxygen atoms in total. The first-order valence-corrected chi connectivity index (χ1v) is 7.23. The molecule has 0 fully saturated rings. The smallest absolute Gasteiger partial charge is 0.230 e. The molecule has 94 valence electrons. The van der Waals surface area contributed by atoms with Crippen LogP contribution < -0.4 is 11.1 Å². The third-order valence-electron chi connectivity index (χ3n) is 2.21. The van der Waals surface area contributed by atoms with Gasteiger partial charge in [-0.2, -0.15) is 0 Å². The number of nitrogens with zero attached hydrogens (tertiary/aromatic N) is 1. The maximum absolute atomic E-state index is 11.6. The zero-order valence-electron chi connectivity index (χ0n) is 9.63. The first kappa shape index (κ1) is 12.9. The van der Waals surface area contributed by atoms with Crippen molar-refractivity contribution in [2.75, 3.05) is 11.5 Å². The molecule has 6 heteroatoms. The Kier molecular flexibility index (Phi) is 4.60. The Morgan fingerprint density at radius 1 is 1.50 bits per heavy atom. The summed E-state index contributed by atoms with van der Waals surface area (Å²) in [7, 11) is 0. The van der Waals surface area contributed by atoms with Gasteiger partial charge in [-0.3, -0.25) is 9.78 Å². The first-order chi connectivity index (χ1) is 8.75. The predicted molar refractivity (Wildman–Crippen MR) is 75.5 cm³/mol. The number of amides is 1. The number of carbonyl (C=O) groups excluding carboxylic acids is 1. The molecule has 2 rings (SSSR count). The van der Waals surface area contributed by atoms with E-state index in [1.807, 2.05) is 23.6 Å². The van der Waals surface area contributed by atoms with Gasteiger partial charge in [0.25, 0.3) is 0 Å². The number of thiophene rings is 1. The summed E-state index contributed by atoms with van der Waals surface area (Å²) in [4.78, 5) is 17.6. The summed E-state index contributed by atoms with van der Waals surface area (Å²) in [6.07, 6.45) is 3.26. The molecule has 0 unspecified atom stereocenters. The minimum atomic E-state index is 0.00427. The van der Waals surface area contributed by atoms with Crippen LogP contribution in [0.15, 0.2) is 40.9 Å². The Hall–Kier alpha value is -1.53. The van der Waals surface area contributed by atoms with Crippen LogP contribution in [0, 0.1) is 0 Å². The monoisotopic (exact) mass is 279 g/mol. The van der Waals surface area contributed by atoms with Gasteiger partial charge in [0.15, 0.2) is 0 Å². The van der Waals surface area contributed by atoms with Gasteiger partial charge in [-0.25, -0.2) is 0 Å². The summed E-state index contributed by atoms with van der Waals surface area (Å²) >= 11 is 3.05. The van der Waals surface area contributed by atoms with E-state index >= 15 is 0 Å². The molecule has 18 heavy (non-hydrogen) atoms. The lowest BCUT2D eigenvalue weighted by Crippen LogP contribution is -2.24. The van der Waals surface area contributed by atoms with Crippen LogP contribution in [-0.2, 0) is 11.3 Å². The zero-order chi connectivity index (χ0) is 12.8. The lowest BCUT2D eigenvalue weighted by atomic mass is 10.4. The molecule has 1 amide bonds. The van der Waals surface area contributed by atoms with Crippen molar-refractivity contribution in [3.8, 4) is 0 Å². The molecular formula is C12H13N3OS2. The fraction of sp³-hybridized carbons (Fsp3) is 0.167. The van der Waals surface area contributed by atoms with Gasteiger partial charge in [0.2, 0.25) is 5.91 Å². The fourth-order valence-electron chi connectivity index (χ4n) is 1.32. The van der Waals surface area contributed by atoms with Crippen LogP contribution >= 0.6 is 23.1 Å². The van der Waals surface area contributed by atoms with Crippen molar-refractivity contribution in [3.05, 3.63) is 40.8 Å². The highest BCUT2D eigenvalue weighted by Crippen LogP contribution is 2.22. The fourth-order valence-corrected chi connectivity index (χ4v) is 2.73. The molecule has 0 aromatic carbocycles. The van der Waals surface area contributed by atoms with Crippen LogP contribution in [0.3, 0.4) is 0 Å². The van der Waals surface area contributed by atoms with Crippen LogP contribution in [0.5, 0.6) is 0 Å². The van der Waals surface area contributed by atoms with Crippen LogP contribution in [0.4, 0.5) is 5.69 Å². The average Bonchev–Trinajstić information content (AvgIpc) is 2.88. The maximum Gasteiger partial charge on any atom is 0.230 e. The van der Waals surface area contributed by atoms with Crippen molar-refractivity contribution in [2.24, 2.45) is 0 Å². The number of thioether (sulfide) groups is 1. The third-order valence-corrected chi connectivity index (χ3v) is 4.17. The van der Waals surface area contributed by atoms with E-state index in [-0.39, 0.29) is 5.91 Å². The van der Waals surface area contributed by atoms with Gasteiger partial charge in [-0.05, 0) is 17.5 Å². The van der Waals surface area contributed by atoms with Gasteiger partial charge in [0, 0.05) is 16.0 Å². The zero-order valence-corrected chi connectivity index (χ0v) is 11.3. The SMILES string of the molecule is Nc1cnccc1SCC(=O)NCc1cccs1. The van der Waals surface area contributed by atoms with E-state index in [4.69, 9.17) is 5.73 Å². The number of nitrogen functional groups attached to an aromatic ring is 1. The summed E-state index contributed by atoms with van der Waals surface area (Å²) in [5.74, 6) is 0.365.